The van der Waals surface area contributed by atoms with E-state index in [0.717, 1.165) is 25.0 Å². The molecule has 3 rings (SSSR count). The van der Waals surface area contributed by atoms with Crippen molar-refractivity contribution < 1.29 is 19.1 Å². The number of amides is 1. The highest BCUT2D eigenvalue weighted by Gasteiger charge is 2.21. The van der Waals surface area contributed by atoms with Gasteiger partial charge in [0.25, 0.3) is 5.91 Å². The van der Waals surface area contributed by atoms with Crippen molar-refractivity contribution in [3.8, 4) is 0 Å². The van der Waals surface area contributed by atoms with Crippen LogP contribution in [-0.2, 0) is 9.47 Å². The minimum absolute atomic E-state index is 0.0685. The molecule has 1 amide bonds. The fourth-order valence-electron chi connectivity index (χ4n) is 3.21. The topological polar surface area (TPSA) is 104 Å². The zero-order chi connectivity index (χ0) is 18.7. The first-order valence-corrected chi connectivity index (χ1v) is 8.75. The molecule has 0 radical (unpaired) electrons. The van der Waals surface area contributed by atoms with Gasteiger partial charge in [0.1, 0.15) is 0 Å². The quantitative estimate of drug-likeness (QED) is 0.797. The summed E-state index contributed by atoms with van der Waals surface area (Å²) in [4.78, 5) is 28.5. The average molecular weight is 357 g/mol. The number of pyridine rings is 1. The number of esters is 1. The van der Waals surface area contributed by atoms with Crippen LogP contribution < -0.4 is 11.1 Å². The zero-order valence-corrected chi connectivity index (χ0v) is 15.0. The summed E-state index contributed by atoms with van der Waals surface area (Å²) in [5, 5.41) is 4.06. The third-order valence-corrected chi connectivity index (χ3v) is 4.45. The minimum Gasteiger partial charge on any atom is -0.462 e. The summed E-state index contributed by atoms with van der Waals surface area (Å²) in [5.74, 6) is -0.980. The zero-order valence-electron chi connectivity index (χ0n) is 15.0. The van der Waals surface area contributed by atoms with Crippen molar-refractivity contribution in [3.63, 3.8) is 0 Å². The summed E-state index contributed by atoms with van der Waals surface area (Å²) in [5.41, 5.74) is 8.39. The van der Waals surface area contributed by atoms with Gasteiger partial charge in [-0.3, -0.25) is 9.78 Å². The third-order valence-electron chi connectivity index (χ3n) is 4.45. The molecule has 0 saturated carbocycles. The highest BCUT2D eigenvalue weighted by molar-refractivity contribution is 6.08. The first-order valence-electron chi connectivity index (χ1n) is 8.75. The number of primary amides is 1. The number of hydrogen-bond donors (Lipinski definition) is 2. The van der Waals surface area contributed by atoms with E-state index in [4.69, 9.17) is 15.2 Å². The number of rotatable bonds is 5. The average Bonchev–Trinajstić information content (AvgIpc) is 2.63. The maximum atomic E-state index is 12.2. The Balaban J connectivity index is 2.14. The van der Waals surface area contributed by atoms with Crippen molar-refractivity contribution in [3.05, 3.63) is 35.0 Å². The molecule has 1 saturated heterocycles. The van der Waals surface area contributed by atoms with Gasteiger partial charge in [-0.25, -0.2) is 4.79 Å². The van der Waals surface area contributed by atoms with Crippen LogP contribution in [0.4, 0.5) is 5.69 Å². The molecule has 2 aromatic rings. The van der Waals surface area contributed by atoms with Crippen molar-refractivity contribution in [2.45, 2.75) is 32.7 Å². The fourth-order valence-corrected chi connectivity index (χ4v) is 3.21. The Kier molecular flexibility index (Phi) is 5.37. The van der Waals surface area contributed by atoms with Gasteiger partial charge in [-0.2, -0.15) is 0 Å². The molecular weight excluding hydrogens is 334 g/mol. The second kappa shape index (κ2) is 7.70. The summed E-state index contributed by atoms with van der Waals surface area (Å²) >= 11 is 0. The minimum atomic E-state index is -0.571. The maximum Gasteiger partial charge on any atom is 0.338 e. The van der Waals surface area contributed by atoms with Gasteiger partial charge in [-0.1, -0.05) is 0 Å². The van der Waals surface area contributed by atoms with E-state index in [2.05, 4.69) is 10.3 Å². The van der Waals surface area contributed by atoms with Crippen LogP contribution in [0.1, 0.15) is 46.0 Å². The van der Waals surface area contributed by atoms with Gasteiger partial charge in [-0.05, 0) is 44.4 Å². The number of carbonyl (C=O) groups excluding carboxylic acids is 2. The van der Waals surface area contributed by atoms with Crippen LogP contribution in [0, 0.1) is 6.92 Å². The molecule has 7 nitrogen and oxygen atoms in total. The lowest BCUT2D eigenvalue weighted by Gasteiger charge is -2.26. The second-order valence-electron chi connectivity index (χ2n) is 6.38. The maximum absolute atomic E-state index is 12.2. The molecule has 3 N–H and O–H groups in total. The molecule has 0 bridgehead atoms. The van der Waals surface area contributed by atoms with Crippen LogP contribution in [0.2, 0.25) is 0 Å². The van der Waals surface area contributed by atoms with Crippen molar-refractivity contribution >= 4 is 28.5 Å². The number of carbonyl (C=O) groups is 2. The van der Waals surface area contributed by atoms with Gasteiger partial charge in [-0.15, -0.1) is 0 Å². The number of hydrogen-bond acceptors (Lipinski definition) is 6. The number of nitrogens with zero attached hydrogens (tertiary/aromatic N) is 1. The summed E-state index contributed by atoms with van der Waals surface area (Å²) in [7, 11) is 0. The standard InChI is InChI=1S/C19H23N3O4/c1-3-26-19(24)12-7-11(2)16-14(8-12)17(15(9-21-16)18(20)23)22-13-5-4-6-25-10-13/h7-9,13H,3-6,10H2,1-2H3,(H2,20,23)(H,21,22). The molecule has 2 heterocycles. The SMILES string of the molecule is CCOC(=O)c1cc(C)c2ncc(C(N)=O)c(NC3CCCOC3)c2c1. The number of aryl methyl sites for hydroxylation is 1. The summed E-state index contributed by atoms with van der Waals surface area (Å²) in [6, 6.07) is 3.51. The van der Waals surface area contributed by atoms with E-state index in [-0.39, 0.29) is 6.04 Å². The van der Waals surface area contributed by atoms with E-state index in [1.807, 2.05) is 6.92 Å². The normalized spacial score (nSPS) is 17.1. The molecule has 138 valence electrons. The number of anilines is 1. The number of nitrogens with two attached hydrogens (primary N) is 1. The lowest BCUT2D eigenvalue weighted by Crippen LogP contribution is -2.31. The number of ether oxygens (including phenoxy) is 2. The van der Waals surface area contributed by atoms with Gasteiger partial charge < -0.3 is 20.5 Å². The number of nitrogens with one attached hydrogen (secondary N) is 1. The Morgan fingerprint density at radius 2 is 2.23 bits per heavy atom. The van der Waals surface area contributed by atoms with Gasteiger partial charge in [0, 0.05) is 24.2 Å². The van der Waals surface area contributed by atoms with Gasteiger partial charge in [0.2, 0.25) is 0 Å². The van der Waals surface area contributed by atoms with Crippen LogP contribution in [0.25, 0.3) is 10.9 Å². The second-order valence-corrected chi connectivity index (χ2v) is 6.38. The number of aromatic nitrogens is 1. The predicted octanol–water partition coefficient (Wildman–Crippen LogP) is 2.41. The van der Waals surface area contributed by atoms with E-state index in [1.54, 1.807) is 19.1 Å². The lowest BCUT2D eigenvalue weighted by atomic mass is 10.0. The Morgan fingerprint density at radius 1 is 1.42 bits per heavy atom. The Bertz CT molecular complexity index is 844. The molecule has 1 aliphatic heterocycles. The summed E-state index contributed by atoms with van der Waals surface area (Å²) in [6.07, 6.45) is 3.35. The number of fused-ring (bicyclic) bond motifs is 1. The molecule has 0 spiro atoms. The van der Waals surface area contributed by atoms with Crippen LogP contribution in [0.5, 0.6) is 0 Å². The van der Waals surface area contributed by atoms with E-state index in [9.17, 15) is 9.59 Å². The molecule has 1 aromatic carbocycles. The molecule has 1 aromatic heterocycles. The lowest BCUT2D eigenvalue weighted by molar-refractivity contribution is 0.0526. The highest BCUT2D eigenvalue weighted by atomic mass is 16.5. The Morgan fingerprint density at radius 3 is 2.88 bits per heavy atom. The summed E-state index contributed by atoms with van der Waals surface area (Å²) < 4.78 is 10.6. The van der Waals surface area contributed by atoms with Gasteiger partial charge in [0.15, 0.2) is 0 Å². The van der Waals surface area contributed by atoms with Crippen molar-refractivity contribution in [1.82, 2.24) is 4.98 Å². The van der Waals surface area contributed by atoms with E-state index in [1.165, 1.54) is 6.20 Å². The fraction of sp³-hybridized carbons (Fsp3) is 0.421. The molecule has 1 unspecified atom stereocenters. The molecule has 7 heteroatoms. The monoisotopic (exact) mass is 357 g/mol. The van der Waals surface area contributed by atoms with Crippen LogP contribution in [0.3, 0.4) is 0 Å². The predicted molar refractivity (Wildman–Crippen MR) is 98.4 cm³/mol. The van der Waals surface area contributed by atoms with E-state index in [0.29, 0.717) is 40.9 Å². The molecule has 1 atom stereocenters. The van der Waals surface area contributed by atoms with Crippen LogP contribution in [0.15, 0.2) is 18.3 Å². The molecule has 0 aliphatic carbocycles. The molecular formula is C19H23N3O4. The van der Waals surface area contributed by atoms with Crippen molar-refractivity contribution in [1.29, 1.82) is 0 Å². The smallest absolute Gasteiger partial charge is 0.338 e. The highest BCUT2D eigenvalue weighted by Crippen LogP contribution is 2.31. The Hall–Kier alpha value is -2.67. The first kappa shape index (κ1) is 18.1. The molecule has 1 fully saturated rings. The first-order chi connectivity index (χ1) is 12.5. The molecule has 26 heavy (non-hydrogen) atoms. The van der Waals surface area contributed by atoms with Gasteiger partial charge in [0.05, 0.1) is 35.5 Å². The van der Waals surface area contributed by atoms with Gasteiger partial charge >= 0.3 is 5.97 Å². The largest absolute Gasteiger partial charge is 0.462 e. The van der Waals surface area contributed by atoms with E-state index >= 15 is 0 Å². The summed E-state index contributed by atoms with van der Waals surface area (Å²) in [6.45, 7) is 5.22. The van der Waals surface area contributed by atoms with E-state index < -0.39 is 11.9 Å². The Labute approximate surface area is 151 Å². The third kappa shape index (κ3) is 3.62. The van der Waals surface area contributed by atoms with Crippen LogP contribution in [-0.4, -0.2) is 42.7 Å². The van der Waals surface area contributed by atoms with Crippen LogP contribution >= 0.6 is 0 Å². The van der Waals surface area contributed by atoms with Crippen molar-refractivity contribution in [2.24, 2.45) is 5.73 Å². The number of benzene rings is 1. The molecule has 1 aliphatic rings. The van der Waals surface area contributed by atoms with Crippen molar-refractivity contribution in [2.75, 3.05) is 25.1 Å².